The number of hydrogen-bond donors (Lipinski definition) is 2. The predicted octanol–water partition coefficient (Wildman–Crippen LogP) is 13.6. The minimum atomic E-state index is -0.683. The molecule has 0 amide bonds. The monoisotopic (exact) mass is 796 g/mol. The number of rotatable bonds is 39. The highest BCUT2D eigenvalue weighted by Crippen LogP contribution is 2.31. The van der Waals surface area contributed by atoms with Crippen molar-refractivity contribution in [1.82, 2.24) is 4.90 Å². The number of carboxylic acids is 2. The molecular weight excluding hydrogens is 711 g/mol. The molecule has 0 radical (unpaired) electrons. The van der Waals surface area contributed by atoms with Crippen molar-refractivity contribution < 1.29 is 29.3 Å². The number of carbonyl (C=O) groups excluding carboxylic acids is 1. The highest BCUT2D eigenvalue weighted by molar-refractivity contribution is 5.72. The molecule has 7 heteroatoms. The minimum Gasteiger partial charge on any atom is -0.481 e. The molecule has 2 aliphatic rings. The van der Waals surface area contributed by atoms with E-state index in [-0.39, 0.29) is 11.9 Å². The third-order valence-corrected chi connectivity index (χ3v) is 11.8. The topological polar surface area (TPSA) is 104 Å². The van der Waals surface area contributed by atoms with Crippen LogP contribution in [0.1, 0.15) is 205 Å². The van der Waals surface area contributed by atoms with Gasteiger partial charge in [-0.3, -0.25) is 14.4 Å². The first-order chi connectivity index (χ1) is 27.9. The van der Waals surface area contributed by atoms with Crippen LogP contribution in [-0.4, -0.2) is 59.3 Å². The number of carboxylic acid groups (broad SMARTS) is 2. The first-order valence-corrected chi connectivity index (χ1v) is 23.9. The Labute approximate surface area is 349 Å². The van der Waals surface area contributed by atoms with Crippen LogP contribution in [0.3, 0.4) is 0 Å². The lowest BCUT2D eigenvalue weighted by atomic mass is 9.94. The van der Waals surface area contributed by atoms with Crippen LogP contribution in [0.5, 0.6) is 0 Å². The quantitative estimate of drug-likeness (QED) is 0.0363. The van der Waals surface area contributed by atoms with Crippen LogP contribution < -0.4 is 0 Å². The van der Waals surface area contributed by atoms with E-state index in [0.717, 1.165) is 109 Å². The van der Waals surface area contributed by atoms with Crippen LogP contribution in [0.25, 0.3) is 0 Å². The molecule has 1 aliphatic carbocycles. The fourth-order valence-electron chi connectivity index (χ4n) is 7.89. The zero-order chi connectivity index (χ0) is 40.9. The van der Waals surface area contributed by atoms with Crippen LogP contribution in [0.15, 0.2) is 48.6 Å². The molecule has 0 aromatic heterocycles. The predicted molar refractivity (Wildman–Crippen MR) is 237 cm³/mol. The molecule has 2 rings (SSSR count). The van der Waals surface area contributed by atoms with E-state index in [1.807, 2.05) is 0 Å². The number of piperidine rings is 1. The van der Waals surface area contributed by atoms with Crippen LogP contribution in [0.2, 0.25) is 0 Å². The summed E-state index contributed by atoms with van der Waals surface area (Å²) >= 11 is 0. The Kier molecular flexibility index (Phi) is 32.2. The molecule has 0 spiro atoms. The Morgan fingerprint density at radius 2 is 0.895 bits per heavy atom. The maximum Gasteiger partial charge on any atom is 0.309 e. The third-order valence-electron chi connectivity index (χ3n) is 11.8. The number of likely N-dealkylation sites (tertiary alicyclic amines) is 1. The molecule has 7 nitrogen and oxygen atoms in total. The van der Waals surface area contributed by atoms with E-state index in [0.29, 0.717) is 25.4 Å². The first kappa shape index (κ1) is 50.5. The van der Waals surface area contributed by atoms with Crippen molar-refractivity contribution in [3.8, 4) is 0 Å². The lowest BCUT2D eigenvalue weighted by Crippen LogP contribution is -2.38. The van der Waals surface area contributed by atoms with Gasteiger partial charge in [0.05, 0.1) is 12.5 Å². The molecule has 0 unspecified atom stereocenters. The lowest BCUT2D eigenvalue weighted by Gasteiger charge is -2.31. The Balaban J connectivity index is 1.54. The number of nitrogens with zero attached hydrogens (tertiary/aromatic N) is 1. The van der Waals surface area contributed by atoms with Crippen LogP contribution in [-0.2, 0) is 19.1 Å². The summed E-state index contributed by atoms with van der Waals surface area (Å²) in [6, 6.07) is 0. The zero-order valence-corrected chi connectivity index (χ0v) is 36.3. The second-order valence-corrected chi connectivity index (χ2v) is 17.3. The summed E-state index contributed by atoms with van der Waals surface area (Å²) in [4.78, 5) is 36.7. The van der Waals surface area contributed by atoms with Gasteiger partial charge in [0.25, 0.3) is 0 Å². The molecule has 2 N–H and O–H groups in total. The molecule has 1 heterocycles. The van der Waals surface area contributed by atoms with E-state index < -0.39 is 11.9 Å². The number of carbonyl (C=O) groups is 3. The number of unbranched alkanes of at least 4 members (excludes halogenated alkanes) is 18. The van der Waals surface area contributed by atoms with Gasteiger partial charge in [0.15, 0.2) is 0 Å². The standard InChI is InChI=1S/C50H85NO6/c52-48(53)35-31-27-23-19-15-11-7-3-1-5-9-13-17-21-25-29-33-46(44-57-50(56)47-39-41-51(42-40-47)43-45-37-38-45)34-30-26-22-18-14-10-6-2-4-8-12-16-20-24-28-32-36-49(54)55/h3-10,45-47H,1-2,11-44H2,(H,52,53)(H,54,55)/b7-3-,8-4-,9-5-,10-6-. The molecule has 57 heavy (non-hydrogen) atoms. The third kappa shape index (κ3) is 32.9. The van der Waals surface area contributed by atoms with Gasteiger partial charge in [0.1, 0.15) is 0 Å². The number of allylic oxidation sites excluding steroid dienone is 8. The van der Waals surface area contributed by atoms with Gasteiger partial charge in [-0.15, -0.1) is 0 Å². The van der Waals surface area contributed by atoms with Gasteiger partial charge < -0.3 is 19.8 Å². The van der Waals surface area contributed by atoms with E-state index >= 15 is 0 Å². The van der Waals surface area contributed by atoms with Crippen molar-refractivity contribution in [3.63, 3.8) is 0 Å². The Morgan fingerprint density at radius 3 is 1.30 bits per heavy atom. The Bertz CT molecular complexity index is 1050. The summed E-state index contributed by atoms with van der Waals surface area (Å²) in [6.07, 6.45) is 53.2. The molecule has 0 aromatic carbocycles. The summed E-state index contributed by atoms with van der Waals surface area (Å²) in [5.41, 5.74) is 0. The van der Waals surface area contributed by atoms with E-state index in [4.69, 9.17) is 14.9 Å². The van der Waals surface area contributed by atoms with E-state index in [1.54, 1.807) is 0 Å². The van der Waals surface area contributed by atoms with Gasteiger partial charge in [0.2, 0.25) is 0 Å². The molecular formula is C50H85NO6. The van der Waals surface area contributed by atoms with Crippen molar-refractivity contribution in [3.05, 3.63) is 48.6 Å². The molecule has 0 bridgehead atoms. The summed E-state index contributed by atoms with van der Waals surface area (Å²) in [5.74, 6) is 0.182. The van der Waals surface area contributed by atoms with Gasteiger partial charge in [-0.2, -0.15) is 0 Å². The maximum atomic E-state index is 13.1. The first-order valence-electron chi connectivity index (χ1n) is 23.9. The second-order valence-electron chi connectivity index (χ2n) is 17.3. The smallest absolute Gasteiger partial charge is 0.309 e. The van der Waals surface area contributed by atoms with Crippen LogP contribution in [0, 0.1) is 17.8 Å². The van der Waals surface area contributed by atoms with Crippen molar-refractivity contribution in [1.29, 1.82) is 0 Å². The van der Waals surface area contributed by atoms with Crippen LogP contribution >= 0.6 is 0 Å². The van der Waals surface area contributed by atoms with Crippen molar-refractivity contribution >= 4 is 17.9 Å². The molecule has 1 saturated heterocycles. The Morgan fingerprint density at radius 1 is 0.509 bits per heavy atom. The number of hydrogen-bond acceptors (Lipinski definition) is 5. The fraction of sp³-hybridized carbons (Fsp3) is 0.780. The zero-order valence-electron chi connectivity index (χ0n) is 36.3. The van der Waals surface area contributed by atoms with Crippen molar-refractivity contribution in [2.45, 2.75) is 205 Å². The minimum absolute atomic E-state index is 0.0595. The van der Waals surface area contributed by atoms with E-state index in [9.17, 15) is 14.4 Å². The van der Waals surface area contributed by atoms with Gasteiger partial charge in [-0.25, -0.2) is 0 Å². The van der Waals surface area contributed by atoms with Gasteiger partial charge in [0, 0.05) is 19.4 Å². The van der Waals surface area contributed by atoms with Gasteiger partial charge in [-0.05, 0) is 141 Å². The maximum absolute atomic E-state index is 13.1. The highest BCUT2D eigenvalue weighted by Gasteiger charge is 2.30. The van der Waals surface area contributed by atoms with Crippen molar-refractivity contribution in [2.75, 3.05) is 26.2 Å². The average Bonchev–Trinajstić information content (AvgIpc) is 4.02. The molecule has 1 aliphatic heterocycles. The van der Waals surface area contributed by atoms with Crippen LogP contribution in [0.4, 0.5) is 0 Å². The van der Waals surface area contributed by atoms with E-state index in [2.05, 4.69) is 53.5 Å². The normalized spacial score (nSPS) is 15.7. The molecule has 1 saturated carbocycles. The number of ether oxygens (including phenoxy) is 1. The number of aliphatic carboxylic acids is 2. The van der Waals surface area contributed by atoms with Gasteiger partial charge >= 0.3 is 17.9 Å². The largest absolute Gasteiger partial charge is 0.481 e. The fourth-order valence-corrected chi connectivity index (χ4v) is 7.89. The SMILES string of the molecule is O=C(O)CCCCCCC/C=C\C/C=C\CCCCCCC(CCCCCC/C=C\C/C=C\CCCCCCCC(=O)O)COC(=O)C1CCN(CC2CC2)CC1. The summed E-state index contributed by atoms with van der Waals surface area (Å²) in [7, 11) is 0. The molecule has 2 fully saturated rings. The average molecular weight is 796 g/mol. The highest BCUT2D eigenvalue weighted by atomic mass is 16.5. The summed E-state index contributed by atoms with van der Waals surface area (Å²) in [6.45, 7) is 3.94. The van der Waals surface area contributed by atoms with Crippen molar-refractivity contribution in [2.24, 2.45) is 17.8 Å². The molecule has 0 aromatic rings. The molecule has 0 atom stereocenters. The lowest BCUT2D eigenvalue weighted by molar-refractivity contribution is -0.151. The number of esters is 1. The second kappa shape index (κ2) is 36.4. The van der Waals surface area contributed by atoms with E-state index in [1.165, 1.54) is 109 Å². The molecule has 326 valence electrons. The van der Waals surface area contributed by atoms with Gasteiger partial charge in [-0.1, -0.05) is 126 Å². The Hall–Kier alpha value is -2.67. The summed E-state index contributed by atoms with van der Waals surface area (Å²) in [5, 5.41) is 17.4. The summed E-state index contributed by atoms with van der Waals surface area (Å²) < 4.78 is 6.03.